The molecule has 0 aliphatic carbocycles. The first kappa shape index (κ1) is 21.5. The lowest BCUT2D eigenvalue weighted by atomic mass is 9.92. The number of aliphatic imine (C=N–C) groups is 1. The topological polar surface area (TPSA) is 71.4 Å². The first-order chi connectivity index (χ1) is 15.1. The quantitative estimate of drug-likeness (QED) is 0.625. The number of methoxy groups -OCH3 is 2. The molecule has 31 heavy (non-hydrogen) atoms. The molecule has 3 aliphatic heterocycles. The maximum absolute atomic E-state index is 12.9. The second-order valence-corrected chi connectivity index (χ2v) is 8.44. The highest BCUT2D eigenvalue weighted by atomic mass is 32.2. The summed E-state index contributed by atoms with van der Waals surface area (Å²) in [4.78, 5) is 34.5. The van der Waals surface area contributed by atoms with E-state index in [9.17, 15) is 9.59 Å². The van der Waals surface area contributed by atoms with Crippen LogP contribution in [0.4, 0.5) is 0 Å². The molecule has 7 nitrogen and oxygen atoms in total. The standard InChI is InChI=1S/C23H27N3O4S/c1-4-17-20(22(28)30-3)21(16-9-5-6-10-18(16)29-2)26-15(14-31-23(26)24-17)13-19(27)25-11-7-8-12-25/h5-6,9-10,14,21H,4,7-8,11-13H2,1-3H3/t21-/m0/s1. The van der Waals surface area contributed by atoms with Crippen LogP contribution in [0, 0.1) is 0 Å². The molecule has 3 aliphatic rings. The molecule has 1 saturated heterocycles. The molecule has 1 atom stereocenters. The lowest BCUT2D eigenvalue weighted by Gasteiger charge is -2.37. The molecule has 0 radical (unpaired) electrons. The molecule has 0 bridgehead atoms. The average Bonchev–Trinajstić information content (AvgIpc) is 3.48. The molecule has 8 heteroatoms. The predicted molar refractivity (Wildman–Crippen MR) is 120 cm³/mol. The Hall–Kier alpha value is -2.74. The zero-order chi connectivity index (χ0) is 22.0. The van der Waals surface area contributed by atoms with Crippen molar-refractivity contribution in [1.82, 2.24) is 9.80 Å². The van der Waals surface area contributed by atoms with Gasteiger partial charge in [-0.05, 0) is 30.7 Å². The molecule has 1 aromatic rings. The SMILES string of the molecule is CCC1=C(C(=O)OC)[C@H](c2ccccc2OC)N2C(CC(=O)N3CCCC3)=CSC2=N1. The predicted octanol–water partition coefficient (Wildman–Crippen LogP) is 3.85. The zero-order valence-corrected chi connectivity index (χ0v) is 18.9. The Kier molecular flexibility index (Phi) is 6.36. The number of carbonyl (C=O) groups is 2. The van der Waals surface area contributed by atoms with Gasteiger partial charge in [0.25, 0.3) is 0 Å². The number of carbonyl (C=O) groups excluding carboxylic acids is 2. The second-order valence-electron chi connectivity index (χ2n) is 7.61. The maximum Gasteiger partial charge on any atom is 0.338 e. The Morgan fingerprint density at radius 2 is 1.94 bits per heavy atom. The fourth-order valence-corrected chi connectivity index (χ4v) is 5.27. The highest BCUT2D eigenvalue weighted by molar-refractivity contribution is 8.16. The molecule has 4 rings (SSSR count). The Labute approximate surface area is 186 Å². The summed E-state index contributed by atoms with van der Waals surface area (Å²) >= 11 is 1.49. The van der Waals surface area contributed by atoms with Gasteiger partial charge in [0.15, 0.2) is 5.17 Å². The van der Waals surface area contributed by atoms with Crippen LogP contribution in [0.3, 0.4) is 0 Å². The largest absolute Gasteiger partial charge is 0.496 e. The summed E-state index contributed by atoms with van der Waals surface area (Å²) in [5.74, 6) is 0.361. The molecule has 0 N–H and O–H groups in total. The van der Waals surface area contributed by atoms with Crippen molar-refractivity contribution in [3.05, 3.63) is 52.2 Å². The van der Waals surface area contributed by atoms with Gasteiger partial charge in [-0.2, -0.15) is 0 Å². The number of amides is 1. The number of likely N-dealkylation sites (tertiary alicyclic amines) is 1. The number of esters is 1. The van der Waals surface area contributed by atoms with E-state index in [0.29, 0.717) is 23.4 Å². The minimum Gasteiger partial charge on any atom is -0.496 e. The summed E-state index contributed by atoms with van der Waals surface area (Å²) in [6, 6.07) is 7.17. The van der Waals surface area contributed by atoms with Crippen molar-refractivity contribution in [3.8, 4) is 5.75 Å². The molecule has 3 heterocycles. The van der Waals surface area contributed by atoms with Crippen LogP contribution in [0.1, 0.15) is 44.2 Å². The van der Waals surface area contributed by atoms with Gasteiger partial charge in [0, 0.05) is 24.4 Å². The zero-order valence-electron chi connectivity index (χ0n) is 18.1. The van der Waals surface area contributed by atoms with Gasteiger partial charge >= 0.3 is 5.97 Å². The normalized spacial score (nSPS) is 20.4. The van der Waals surface area contributed by atoms with E-state index in [1.807, 2.05) is 46.4 Å². The van der Waals surface area contributed by atoms with Gasteiger partial charge in [-0.3, -0.25) is 4.79 Å². The smallest absolute Gasteiger partial charge is 0.338 e. The Bertz CT molecular complexity index is 979. The van der Waals surface area contributed by atoms with Crippen molar-refractivity contribution in [3.63, 3.8) is 0 Å². The van der Waals surface area contributed by atoms with Crippen molar-refractivity contribution in [2.45, 2.75) is 38.6 Å². The van der Waals surface area contributed by atoms with Crippen molar-refractivity contribution in [2.75, 3.05) is 27.3 Å². The molecule has 1 fully saturated rings. The monoisotopic (exact) mass is 441 g/mol. The van der Waals surface area contributed by atoms with E-state index < -0.39 is 12.0 Å². The highest BCUT2D eigenvalue weighted by Gasteiger charge is 2.42. The van der Waals surface area contributed by atoms with E-state index in [2.05, 4.69) is 0 Å². The molecule has 0 saturated carbocycles. The summed E-state index contributed by atoms with van der Waals surface area (Å²) < 4.78 is 10.8. The molecule has 164 valence electrons. The summed E-state index contributed by atoms with van der Waals surface area (Å²) in [6.45, 7) is 3.59. The first-order valence-corrected chi connectivity index (χ1v) is 11.4. The van der Waals surface area contributed by atoms with Crippen molar-refractivity contribution in [2.24, 2.45) is 4.99 Å². The van der Waals surface area contributed by atoms with Crippen LogP contribution in [0.5, 0.6) is 5.75 Å². The third-order valence-electron chi connectivity index (χ3n) is 5.85. The minimum absolute atomic E-state index is 0.106. The summed E-state index contributed by atoms with van der Waals surface area (Å²) in [7, 11) is 3.00. The number of thioether (sulfide) groups is 1. The van der Waals surface area contributed by atoms with Gasteiger partial charge in [0.1, 0.15) is 5.75 Å². The number of nitrogens with zero attached hydrogens (tertiary/aromatic N) is 3. The lowest BCUT2D eigenvalue weighted by Crippen LogP contribution is -2.38. The Balaban J connectivity index is 1.78. The number of amidine groups is 1. The van der Waals surface area contributed by atoms with Crippen LogP contribution in [0.2, 0.25) is 0 Å². The summed E-state index contributed by atoms with van der Waals surface area (Å²) in [5, 5.41) is 2.74. The van der Waals surface area contributed by atoms with Crippen LogP contribution in [-0.2, 0) is 14.3 Å². The number of hydrogen-bond acceptors (Lipinski definition) is 7. The molecule has 1 amide bonds. The van der Waals surface area contributed by atoms with Crippen LogP contribution in [-0.4, -0.2) is 54.2 Å². The molecule has 0 spiro atoms. The third kappa shape index (κ3) is 3.96. The number of ether oxygens (including phenoxy) is 2. The fraction of sp³-hybridized carbons (Fsp3) is 0.435. The van der Waals surface area contributed by atoms with E-state index in [1.54, 1.807) is 7.11 Å². The van der Waals surface area contributed by atoms with Crippen molar-refractivity contribution >= 4 is 28.8 Å². The van der Waals surface area contributed by atoms with Crippen LogP contribution < -0.4 is 4.74 Å². The number of benzene rings is 1. The number of hydrogen-bond donors (Lipinski definition) is 0. The minimum atomic E-state index is -0.473. The lowest BCUT2D eigenvalue weighted by molar-refractivity contribution is -0.136. The van der Waals surface area contributed by atoms with E-state index in [1.165, 1.54) is 18.9 Å². The van der Waals surface area contributed by atoms with Gasteiger partial charge in [-0.25, -0.2) is 9.79 Å². The number of rotatable bonds is 6. The molecular formula is C23H27N3O4S. The number of fused-ring (bicyclic) bond motifs is 1. The highest BCUT2D eigenvalue weighted by Crippen LogP contribution is 2.47. The van der Waals surface area contributed by atoms with Gasteiger partial charge in [0.2, 0.25) is 5.91 Å². The van der Waals surface area contributed by atoms with Crippen molar-refractivity contribution < 1.29 is 19.1 Å². The van der Waals surface area contributed by atoms with Gasteiger partial charge in [-0.15, -0.1) is 0 Å². The van der Waals surface area contributed by atoms with Gasteiger partial charge in [0.05, 0.1) is 38.0 Å². The number of para-hydroxylation sites is 1. The van der Waals surface area contributed by atoms with Crippen LogP contribution in [0.25, 0.3) is 0 Å². The van der Waals surface area contributed by atoms with E-state index in [0.717, 1.165) is 42.4 Å². The fourth-order valence-electron chi connectivity index (χ4n) is 4.33. The number of allylic oxidation sites excluding steroid dienone is 1. The summed E-state index contributed by atoms with van der Waals surface area (Å²) in [6.07, 6.45) is 2.97. The molecule has 0 aromatic heterocycles. The molecule has 1 aromatic carbocycles. The average molecular weight is 442 g/mol. The van der Waals surface area contributed by atoms with Gasteiger partial charge in [-0.1, -0.05) is 36.9 Å². The van der Waals surface area contributed by atoms with Crippen LogP contribution in [0.15, 0.2) is 51.6 Å². The Morgan fingerprint density at radius 1 is 1.19 bits per heavy atom. The second kappa shape index (κ2) is 9.18. The molecular weight excluding hydrogens is 414 g/mol. The maximum atomic E-state index is 12.9. The van der Waals surface area contributed by atoms with E-state index in [4.69, 9.17) is 14.5 Å². The first-order valence-electron chi connectivity index (χ1n) is 10.5. The molecule has 0 unspecified atom stereocenters. The summed E-state index contributed by atoms with van der Waals surface area (Å²) in [5.41, 5.74) is 2.86. The third-order valence-corrected chi connectivity index (χ3v) is 6.74. The van der Waals surface area contributed by atoms with Crippen LogP contribution >= 0.6 is 11.8 Å². The van der Waals surface area contributed by atoms with E-state index >= 15 is 0 Å². The van der Waals surface area contributed by atoms with E-state index in [-0.39, 0.29) is 12.3 Å². The van der Waals surface area contributed by atoms with Gasteiger partial charge < -0.3 is 19.3 Å². The Morgan fingerprint density at radius 3 is 2.61 bits per heavy atom. The van der Waals surface area contributed by atoms with Crippen molar-refractivity contribution in [1.29, 1.82) is 0 Å².